The Balaban J connectivity index is 1.27. The molecule has 4 heterocycles. The van der Waals surface area contributed by atoms with E-state index in [4.69, 9.17) is 4.74 Å². The molecule has 7 rings (SSSR count). The van der Waals surface area contributed by atoms with Gasteiger partial charge in [-0.05, 0) is 73.8 Å². The molecule has 2 amide bonds. The van der Waals surface area contributed by atoms with E-state index in [0.717, 1.165) is 73.8 Å². The summed E-state index contributed by atoms with van der Waals surface area (Å²) in [6, 6.07) is 14.3. The zero-order chi connectivity index (χ0) is 29.5. The van der Waals surface area contributed by atoms with Gasteiger partial charge in [0.25, 0.3) is 5.91 Å². The Labute approximate surface area is 253 Å². The molecule has 7 heteroatoms. The second-order valence-electron chi connectivity index (χ2n) is 12.8. The van der Waals surface area contributed by atoms with Crippen LogP contribution in [0.4, 0.5) is 0 Å². The summed E-state index contributed by atoms with van der Waals surface area (Å²) in [5.74, 6) is 0.408. The van der Waals surface area contributed by atoms with Crippen molar-refractivity contribution in [3.05, 3.63) is 64.7 Å². The molecule has 3 fully saturated rings. The molecule has 4 aliphatic rings. The number of carbonyl (C=O) groups excluding carboxylic acids is 3. The smallest absolute Gasteiger partial charge is 0.337 e. The fourth-order valence-electron chi connectivity index (χ4n) is 7.98. The number of carbonyl (C=O) groups is 3. The van der Waals surface area contributed by atoms with Crippen LogP contribution in [-0.4, -0.2) is 65.4 Å². The number of hydrogen-bond acceptors (Lipinski definition) is 4. The van der Waals surface area contributed by atoms with Gasteiger partial charge in [-0.2, -0.15) is 0 Å². The monoisotopic (exact) mass is 579 g/mol. The Bertz CT molecular complexity index is 1600. The van der Waals surface area contributed by atoms with E-state index >= 15 is 0 Å². The highest BCUT2D eigenvalue weighted by Crippen LogP contribution is 2.46. The number of rotatable bonds is 4. The van der Waals surface area contributed by atoms with Crippen LogP contribution >= 0.6 is 0 Å². The summed E-state index contributed by atoms with van der Waals surface area (Å²) in [5.41, 5.74) is 6.95. The third kappa shape index (κ3) is 5.07. The van der Waals surface area contributed by atoms with Crippen molar-refractivity contribution in [2.75, 3.05) is 33.3 Å². The Hall–Kier alpha value is -3.87. The number of ether oxygens (including phenoxy) is 1. The van der Waals surface area contributed by atoms with Crippen LogP contribution in [-0.2, 0) is 20.9 Å². The zero-order valence-corrected chi connectivity index (χ0v) is 25.1. The number of esters is 1. The average molecular weight is 580 g/mol. The van der Waals surface area contributed by atoms with Crippen LogP contribution in [0.1, 0.15) is 85.2 Å². The van der Waals surface area contributed by atoms with E-state index in [1.165, 1.54) is 43.0 Å². The molecule has 0 radical (unpaired) electrons. The third-order valence-corrected chi connectivity index (χ3v) is 10.2. The molecule has 0 unspecified atom stereocenters. The summed E-state index contributed by atoms with van der Waals surface area (Å²) >= 11 is 0. The van der Waals surface area contributed by atoms with Crippen molar-refractivity contribution in [2.45, 2.75) is 70.3 Å². The van der Waals surface area contributed by atoms with E-state index in [2.05, 4.69) is 34.9 Å². The molecule has 0 bridgehead atoms. The number of benzene rings is 2. The van der Waals surface area contributed by atoms with Crippen LogP contribution < -0.4 is 0 Å². The normalized spacial score (nSPS) is 19.5. The fourth-order valence-corrected chi connectivity index (χ4v) is 7.98. The minimum atomic E-state index is -0.358. The fraction of sp³-hybridized carbons (Fsp3) is 0.472. The second-order valence-corrected chi connectivity index (χ2v) is 12.8. The molecule has 3 aliphatic heterocycles. The molecule has 0 atom stereocenters. The lowest BCUT2D eigenvalue weighted by molar-refractivity contribution is -0.138. The van der Waals surface area contributed by atoms with Gasteiger partial charge in [0.1, 0.15) is 0 Å². The Kier molecular flexibility index (Phi) is 7.58. The number of nitrogens with zero attached hydrogens (tertiary/aromatic N) is 3. The summed E-state index contributed by atoms with van der Waals surface area (Å²) in [7, 11) is 1.41. The number of methoxy groups -OCH3 is 1. The summed E-state index contributed by atoms with van der Waals surface area (Å²) in [6.07, 6.45) is 11.7. The molecule has 3 aromatic rings. The first-order chi connectivity index (χ1) is 21.0. The minimum Gasteiger partial charge on any atom is -0.465 e. The highest BCUT2D eigenvalue weighted by molar-refractivity contribution is 6.03. The van der Waals surface area contributed by atoms with Crippen molar-refractivity contribution in [1.82, 2.24) is 14.4 Å². The molecule has 43 heavy (non-hydrogen) atoms. The summed E-state index contributed by atoms with van der Waals surface area (Å²) in [6.45, 7) is 3.38. The summed E-state index contributed by atoms with van der Waals surface area (Å²) in [5, 5.41) is 1.17. The predicted octanol–water partition coefficient (Wildman–Crippen LogP) is 6.40. The van der Waals surface area contributed by atoms with Gasteiger partial charge in [0.15, 0.2) is 0 Å². The highest BCUT2D eigenvalue weighted by Gasteiger charge is 2.34. The van der Waals surface area contributed by atoms with Crippen LogP contribution in [0.25, 0.3) is 28.2 Å². The number of aromatic nitrogens is 1. The topological polar surface area (TPSA) is 71.8 Å². The lowest BCUT2D eigenvalue weighted by Crippen LogP contribution is -2.44. The van der Waals surface area contributed by atoms with Gasteiger partial charge in [0, 0.05) is 54.1 Å². The van der Waals surface area contributed by atoms with E-state index in [9.17, 15) is 14.4 Å². The van der Waals surface area contributed by atoms with Crippen molar-refractivity contribution in [3.63, 3.8) is 0 Å². The van der Waals surface area contributed by atoms with Crippen molar-refractivity contribution < 1.29 is 19.1 Å². The largest absolute Gasteiger partial charge is 0.465 e. The maximum absolute atomic E-state index is 14.2. The molecule has 2 saturated heterocycles. The number of piperidine rings is 1. The van der Waals surface area contributed by atoms with E-state index in [-0.39, 0.29) is 23.7 Å². The van der Waals surface area contributed by atoms with E-state index in [0.29, 0.717) is 31.1 Å². The molecule has 2 aromatic carbocycles. The van der Waals surface area contributed by atoms with Crippen LogP contribution in [0.15, 0.2) is 48.0 Å². The predicted molar refractivity (Wildman–Crippen MR) is 168 cm³/mol. The molecule has 224 valence electrons. The van der Waals surface area contributed by atoms with E-state index in [1.54, 1.807) is 0 Å². The highest BCUT2D eigenvalue weighted by atomic mass is 16.5. The van der Waals surface area contributed by atoms with Crippen molar-refractivity contribution in [1.29, 1.82) is 0 Å². The zero-order valence-electron chi connectivity index (χ0n) is 25.1. The molecule has 1 aliphatic carbocycles. The number of hydrogen-bond donors (Lipinski definition) is 0. The van der Waals surface area contributed by atoms with Crippen molar-refractivity contribution in [3.8, 4) is 11.3 Å². The molecular formula is C36H41N3O4. The first-order valence-electron chi connectivity index (χ1n) is 16.2. The number of likely N-dealkylation sites (tertiary alicyclic amines) is 2. The van der Waals surface area contributed by atoms with Crippen LogP contribution in [0, 0.1) is 5.92 Å². The second kappa shape index (κ2) is 11.7. The molecule has 1 aromatic heterocycles. The van der Waals surface area contributed by atoms with Gasteiger partial charge in [-0.3, -0.25) is 9.59 Å². The minimum absolute atomic E-state index is 0.0146. The standard InChI is InChI=1S/C36H41N3O4/c1-43-36(42)27-13-14-30-31(22-27)39-23-28(35(41)38-19-15-25(16-20-38)34(40)37-17-7-8-18-37)21-26-11-5-6-12-29(26)33(39)32(30)24-9-3-2-4-10-24/h5-6,11-14,21-22,24-25H,2-4,7-10,15-20,23H2,1H3. The first kappa shape index (κ1) is 27.9. The van der Waals surface area contributed by atoms with Crippen LogP contribution in [0.2, 0.25) is 0 Å². The first-order valence-corrected chi connectivity index (χ1v) is 16.2. The number of fused-ring (bicyclic) bond motifs is 5. The average Bonchev–Trinajstić information content (AvgIpc) is 3.67. The Morgan fingerprint density at radius 3 is 2.30 bits per heavy atom. The molecule has 1 saturated carbocycles. The van der Waals surface area contributed by atoms with Crippen LogP contribution in [0.5, 0.6) is 0 Å². The van der Waals surface area contributed by atoms with Gasteiger partial charge in [-0.1, -0.05) is 49.6 Å². The van der Waals surface area contributed by atoms with Crippen LogP contribution in [0.3, 0.4) is 0 Å². The molecular weight excluding hydrogens is 538 g/mol. The van der Waals surface area contributed by atoms with Gasteiger partial charge < -0.3 is 19.1 Å². The maximum atomic E-state index is 14.2. The molecule has 7 nitrogen and oxygen atoms in total. The summed E-state index contributed by atoms with van der Waals surface area (Å²) < 4.78 is 7.37. The Morgan fingerprint density at radius 2 is 1.56 bits per heavy atom. The SMILES string of the molecule is COC(=O)c1ccc2c(C3CCCCC3)c3n(c2c1)CC(C(=O)N1CCC(C(=O)N2CCCC2)CC1)=Cc1ccccc1-3. The van der Waals surface area contributed by atoms with Crippen molar-refractivity contribution in [2.24, 2.45) is 5.92 Å². The molecule has 0 N–H and O–H groups in total. The van der Waals surface area contributed by atoms with Gasteiger partial charge in [0.05, 0.1) is 24.9 Å². The van der Waals surface area contributed by atoms with Gasteiger partial charge in [-0.15, -0.1) is 0 Å². The van der Waals surface area contributed by atoms with Gasteiger partial charge in [-0.25, -0.2) is 4.79 Å². The quantitative estimate of drug-likeness (QED) is 0.336. The number of amides is 2. The molecule has 0 spiro atoms. The van der Waals surface area contributed by atoms with E-state index in [1.807, 2.05) is 28.0 Å². The Morgan fingerprint density at radius 1 is 0.814 bits per heavy atom. The maximum Gasteiger partial charge on any atom is 0.337 e. The van der Waals surface area contributed by atoms with E-state index < -0.39 is 0 Å². The summed E-state index contributed by atoms with van der Waals surface area (Å²) in [4.78, 5) is 43.8. The van der Waals surface area contributed by atoms with Gasteiger partial charge >= 0.3 is 5.97 Å². The third-order valence-electron chi connectivity index (χ3n) is 10.2. The van der Waals surface area contributed by atoms with Gasteiger partial charge in [0.2, 0.25) is 5.91 Å². The lowest BCUT2D eigenvalue weighted by atomic mass is 9.81. The van der Waals surface area contributed by atoms with Crippen molar-refractivity contribution >= 4 is 34.8 Å². The lowest BCUT2D eigenvalue weighted by Gasteiger charge is -2.33.